The Kier molecular flexibility index (Phi) is 4.92. The van der Waals surface area contributed by atoms with Crippen molar-refractivity contribution < 1.29 is 19.4 Å². The standard InChI is InChI=1S/C15H18ClNO4S/c1-15(2,3)21-14(20)17-11(13(18)19)8-22-12(17)9-6-4-5-7-10(9)16/h4-7,11-12H,8H2,1-3H3,(H,18,19)/p-1/t11-,12+/m1/s1. The van der Waals surface area contributed by atoms with Crippen LogP contribution in [0.25, 0.3) is 0 Å². The van der Waals surface area contributed by atoms with E-state index in [-0.39, 0.29) is 5.75 Å². The van der Waals surface area contributed by atoms with E-state index in [1.807, 2.05) is 0 Å². The number of hydrogen-bond acceptors (Lipinski definition) is 5. The maximum Gasteiger partial charge on any atom is 0.412 e. The highest BCUT2D eigenvalue weighted by molar-refractivity contribution is 7.99. The first-order chi connectivity index (χ1) is 10.2. The molecule has 2 rings (SSSR count). The average molecular weight is 343 g/mol. The molecule has 0 bridgehead atoms. The molecule has 2 atom stereocenters. The number of aliphatic carboxylic acids is 1. The van der Waals surface area contributed by atoms with Crippen molar-refractivity contribution in [2.45, 2.75) is 37.8 Å². The van der Waals surface area contributed by atoms with Crippen LogP contribution in [0.2, 0.25) is 5.02 Å². The van der Waals surface area contributed by atoms with Crippen molar-refractivity contribution in [1.29, 1.82) is 0 Å². The molecule has 0 N–H and O–H groups in total. The molecule has 1 heterocycles. The molecular weight excluding hydrogens is 326 g/mol. The van der Waals surface area contributed by atoms with Crippen LogP contribution in [-0.4, -0.2) is 34.4 Å². The topological polar surface area (TPSA) is 69.7 Å². The van der Waals surface area contributed by atoms with Crippen molar-refractivity contribution >= 4 is 35.4 Å². The number of amides is 1. The van der Waals surface area contributed by atoms with Gasteiger partial charge in [-0.15, -0.1) is 11.8 Å². The quantitative estimate of drug-likeness (QED) is 0.825. The summed E-state index contributed by atoms with van der Waals surface area (Å²) in [6.45, 7) is 5.19. The van der Waals surface area contributed by atoms with Crippen LogP contribution >= 0.6 is 23.4 Å². The van der Waals surface area contributed by atoms with E-state index in [9.17, 15) is 14.7 Å². The van der Waals surface area contributed by atoms with Gasteiger partial charge < -0.3 is 14.6 Å². The number of rotatable bonds is 2. The number of thioether (sulfide) groups is 1. The van der Waals surface area contributed by atoms with Crippen LogP contribution in [0.3, 0.4) is 0 Å². The van der Waals surface area contributed by atoms with Crippen LogP contribution in [0.1, 0.15) is 31.7 Å². The maximum absolute atomic E-state index is 12.4. The van der Waals surface area contributed by atoms with E-state index in [1.54, 1.807) is 45.0 Å². The van der Waals surface area contributed by atoms with Crippen molar-refractivity contribution in [2.75, 3.05) is 5.75 Å². The summed E-state index contributed by atoms with van der Waals surface area (Å²) >= 11 is 7.51. The summed E-state index contributed by atoms with van der Waals surface area (Å²) in [5.41, 5.74) is -0.0324. The summed E-state index contributed by atoms with van der Waals surface area (Å²) in [7, 11) is 0. The lowest BCUT2D eigenvalue weighted by Crippen LogP contribution is -2.50. The second kappa shape index (κ2) is 6.38. The minimum atomic E-state index is -1.30. The monoisotopic (exact) mass is 342 g/mol. The summed E-state index contributed by atoms with van der Waals surface area (Å²) in [4.78, 5) is 25.0. The van der Waals surface area contributed by atoms with E-state index in [0.717, 1.165) is 0 Å². The molecule has 1 aromatic rings. The van der Waals surface area contributed by atoms with Crippen molar-refractivity contribution in [3.63, 3.8) is 0 Å². The Morgan fingerprint density at radius 3 is 2.55 bits per heavy atom. The van der Waals surface area contributed by atoms with E-state index in [0.29, 0.717) is 10.6 Å². The third-order valence-electron chi connectivity index (χ3n) is 3.05. The summed E-state index contributed by atoms with van der Waals surface area (Å²) in [5.74, 6) is -1.06. The fraction of sp³-hybridized carbons (Fsp3) is 0.467. The summed E-state index contributed by atoms with van der Waals surface area (Å²) in [6, 6.07) is 6.01. The number of ether oxygens (including phenoxy) is 1. The van der Waals surface area contributed by atoms with Crippen LogP contribution in [0.5, 0.6) is 0 Å². The molecule has 0 spiro atoms. The Hall–Kier alpha value is -1.40. The van der Waals surface area contributed by atoms with Crippen molar-refractivity contribution in [3.8, 4) is 0 Å². The molecule has 22 heavy (non-hydrogen) atoms. The van der Waals surface area contributed by atoms with Gasteiger partial charge in [0.25, 0.3) is 0 Å². The zero-order valence-electron chi connectivity index (χ0n) is 12.5. The molecule has 0 radical (unpaired) electrons. The molecule has 5 nitrogen and oxygen atoms in total. The first-order valence-corrected chi connectivity index (χ1v) is 8.21. The fourth-order valence-corrected chi connectivity index (χ4v) is 3.88. The number of carbonyl (C=O) groups excluding carboxylic acids is 2. The molecule has 0 unspecified atom stereocenters. The van der Waals surface area contributed by atoms with E-state index in [4.69, 9.17) is 16.3 Å². The zero-order valence-corrected chi connectivity index (χ0v) is 14.1. The SMILES string of the molecule is CC(C)(C)OC(=O)N1[C@@H](C(=O)[O-])CS[C@H]1c1ccccc1Cl. The van der Waals surface area contributed by atoms with Gasteiger partial charge in [-0.05, 0) is 26.8 Å². The van der Waals surface area contributed by atoms with E-state index >= 15 is 0 Å². The average Bonchev–Trinajstić information content (AvgIpc) is 2.82. The maximum atomic E-state index is 12.4. The van der Waals surface area contributed by atoms with Gasteiger partial charge in [0, 0.05) is 16.3 Å². The molecule has 1 amide bonds. The second-order valence-corrected chi connectivity index (χ2v) is 7.45. The fourth-order valence-electron chi connectivity index (χ4n) is 2.14. The van der Waals surface area contributed by atoms with Gasteiger partial charge in [-0.1, -0.05) is 29.8 Å². The third kappa shape index (κ3) is 3.67. The molecule has 1 fully saturated rings. The minimum absolute atomic E-state index is 0.234. The number of benzene rings is 1. The number of carboxylic acid groups (broad SMARTS) is 1. The molecule has 1 aliphatic heterocycles. The predicted octanol–water partition coefficient (Wildman–Crippen LogP) is 2.44. The summed E-state index contributed by atoms with van der Waals surface area (Å²) in [5, 5.41) is 11.3. The van der Waals surface area contributed by atoms with Gasteiger partial charge in [-0.2, -0.15) is 0 Å². The van der Waals surface area contributed by atoms with Gasteiger partial charge >= 0.3 is 6.09 Å². The van der Waals surface area contributed by atoms with Crippen molar-refractivity contribution in [2.24, 2.45) is 0 Å². The lowest BCUT2D eigenvalue weighted by Gasteiger charge is -2.32. The van der Waals surface area contributed by atoms with E-state index < -0.39 is 29.1 Å². The predicted molar refractivity (Wildman–Crippen MR) is 83.5 cm³/mol. The largest absolute Gasteiger partial charge is 0.548 e. The lowest BCUT2D eigenvalue weighted by molar-refractivity contribution is -0.310. The Balaban J connectivity index is 2.35. The Morgan fingerprint density at radius 1 is 1.36 bits per heavy atom. The summed E-state index contributed by atoms with van der Waals surface area (Å²) < 4.78 is 5.33. The van der Waals surface area contributed by atoms with E-state index in [1.165, 1.54) is 16.7 Å². The highest BCUT2D eigenvalue weighted by Crippen LogP contribution is 2.44. The van der Waals surface area contributed by atoms with Gasteiger partial charge in [0.05, 0.1) is 12.0 Å². The number of carbonyl (C=O) groups is 2. The van der Waals surface area contributed by atoms with Crippen LogP contribution in [0.15, 0.2) is 24.3 Å². The number of hydrogen-bond donors (Lipinski definition) is 0. The number of carboxylic acids is 1. The Morgan fingerprint density at radius 2 is 2.00 bits per heavy atom. The molecule has 0 aromatic heterocycles. The van der Waals surface area contributed by atoms with E-state index in [2.05, 4.69) is 0 Å². The Labute approximate surface area is 138 Å². The minimum Gasteiger partial charge on any atom is -0.548 e. The van der Waals surface area contributed by atoms with Crippen LogP contribution in [-0.2, 0) is 9.53 Å². The molecule has 0 saturated carbocycles. The second-order valence-electron chi connectivity index (χ2n) is 5.93. The Bertz CT molecular complexity index is 587. The van der Waals surface area contributed by atoms with Gasteiger partial charge in [-0.25, -0.2) is 4.79 Å². The molecule has 1 aromatic carbocycles. The molecule has 0 aliphatic carbocycles. The van der Waals surface area contributed by atoms with Gasteiger partial charge in [-0.3, -0.25) is 4.90 Å². The first kappa shape index (κ1) is 17.0. The van der Waals surface area contributed by atoms with Gasteiger partial charge in [0.1, 0.15) is 11.0 Å². The highest BCUT2D eigenvalue weighted by atomic mass is 35.5. The zero-order chi connectivity index (χ0) is 16.5. The molecule has 7 heteroatoms. The van der Waals surface area contributed by atoms with Crippen LogP contribution in [0.4, 0.5) is 4.79 Å². The van der Waals surface area contributed by atoms with Crippen LogP contribution in [0, 0.1) is 0 Å². The third-order valence-corrected chi connectivity index (χ3v) is 4.70. The smallest absolute Gasteiger partial charge is 0.412 e. The highest BCUT2D eigenvalue weighted by Gasteiger charge is 2.42. The first-order valence-electron chi connectivity index (χ1n) is 6.79. The molecule has 120 valence electrons. The normalized spacial score (nSPS) is 21.7. The number of halogens is 1. The number of nitrogens with zero attached hydrogens (tertiary/aromatic N) is 1. The summed E-state index contributed by atoms with van der Waals surface area (Å²) in [6.07, 6.45) is -0.684. The molecule has 1 saturated heterocycles. The van der Waals surface area contributed by atoms with Crippen molar-refractivity contribution in [1.82, 2.24) is 4.90 Å². The van der Waals surface area contributed by atoms with Gasteiger partial charge in [0.15, 0.2) is 0 Å². The lowest BCUT2D eigenvalue weighted by atomic mass is 10.1. The van der Waals surface area contributed by atoms with Gasteiger partial charge in [0.2, 0.25) is 0 Å². The molecule has 1 aliphatic rings. The van der Waals surface area contributed by atoms with Crippen molar-refractivity contribution in [3.05, 3.63) is 34.9 Å². The molecular formula is C15H17ClNO4S-. The van der Waals surface area contributed by atoms with Crippen LogP contribution < -0.4 is 5.11 Å².